The Bertz CT molecular complexity index is 578. The molecule has 1 aromatic carbocycles. The number of rotatable bonds is 5. The van der Waals surface area contributed by atoms with Crippen molar-refractivity contribution < 1.29 is 18.7 Å². The number of carbonyl (C=O) groups excluding carboxylic acids is 2. The maximum Gasteiger partial charge on any atom is 0.264 e. The lowest BCUT2D eigenvalue weighted by Gasteiger charge is -2.37. The number of halogens is 1. The Balaban J connectivity index is 2.10. The predicted octanol–water partition coefficient (Wildman–Crippen LogP) is 2.29. The lowest BCUT2D eigenvalue weighted by Crippen LogP contribution is -2.62. The van der Waals surface area contributed by atoms with Crippen LogP contribution < -0.4 is 15.8 Å². The zero-order valence-corrected chi connectivity index (χ0v) is 13.5. The third-order valence-electron chi connectivity index (χ3n) is 4.27. The van der Waals surface area contributed by atoms with Gasteiger partial charge in [-0.25, -0.2) is 4.39 Å². The Labute approximate surface area is 135 Å². The van der Waals surface area contributed by atoms with Crippen LogP contribution in [-0.4, -0.2) is 23.0 Å². The second kappa shape index (κ2) is 6.56. The van der Waals surface area contributed by atoms with Gasteiger partial charge in [0.15, 0.2) is 5.60 Å². The molecular formula is C17H23FN2O3. The molecule has 1 aliphatic carbocycles. The van der Waals surface area contributed by atoms with Crippen molar-refractivity contribution in [2.45, 2.75) is 57.1 Å². The number of primary amides is 1. The highest BCUT2D eigenvalue weighted by atomic mass is 19.1. The van der Waals surface area contributed by atoms with Gasteiger partial charge in [0.05, 0.1) is 0 Å². The second-order valence-corrected chi connectivity index (χ2v) is 6.53. The monoisotopic (exact) mass is 322 g/mol. The molecule has 1 aromatic rings. The average molecular weight is 322 g/mol. The van der Waals surface area contributed by atoms with Crippen LogP contribution in [0.1, 0.15) is 46.0 Å². The number of hydrogen-bond donors (Lipinski definition) is 2. The van der Waals surface area contributed by atoms with Crippen LogP contribution in [0.4, 0.5) is 4.39 Å². The van der Waals surface area contributed by atoms with Gasteiger partial charge in [-0.1, -0.05) is 19.3 Å². The van der Waals surface area contributed by atoms with Gasteiger partial charge in [-0.05, 0) is 51.0 Å². The van der Waals surface area contributed by atoms with Gasteiger partial charge in [0.1, 0.15) is 17.1 Å². The summed E-state index contributed by atoms with van der Waals surface area (Å²) in [6.07, 6.45) is 3.81. The Morgan fingerprint density at radius 1 is 1.17 bits per heavy atom. The molecule has 126 valence electrons. The normalized spacial score (nSPS) is 17.3. The minimum Gasteiger partial charge on any atom is -0.478 e. The number of ether oxygens (including phenoxy) is 1. The highest BCUT2D eigenvalue weighted by Gasteiger charge is 2.43. The number of nitrogens with one attached hydrogen (secondary N) is 1. The zero-order valence-electron chi connectivity index (χ0n) is 13.5. The highest BCUT2D eigenvalue weighted by molar-refractivity contribution is 5.93. The quantitative estimate of drug-likeness (QED) is 0.872. The van der Waals surface area contributed by atoms with E-state index in [-0.39, 0.29) is 5.82 Å². The minimum absolute atomic E-state index is 0.378. The Hall–Kier alpha value is -2.11. The van der Waals surface area contributed by atoms with Crippen molar-refractivity contribution in [2.75, 3.05) is 0 Å². The van der Waals surface area contributed by atoms with Gasteiger partial charge in [0, 0.05) is 0 Å². The smallest absolute Gasteiger partial charge is 0.264 e. The Kier molecular flexibility index (Phi) is 4.92. The second-order valence-electron chi connectivity index (χ2n) is 6.53. The van der Waals surface area contributed by atoms with Gasteiger partial charge in [-0.15, -0.1) is 0 Å². The molecule has 0 bridgehead atoms. The summed E-state index contributed by atoms with van der Waals surface area (Å²) in [5, 5.41) is 2.79. The first kappa shape index (κ1) is 17.2. The lowest BCUT2D eigenvalue weighted by atomic mass is 9.80. The molecule has 1 fully saturated rings. The molecule has 1 aliphatic rings. The molecule has 0 heterocycles. The molecule has 2 rings (SSSR count). The number of nitrogens with two attached hydrogens (primary N) is 1. The van der Waals surface area contributed by atoms with Gasteiger partial charge in [0.25, 0.3) is 5.91 Å². The Morgan fingerprint density at radius 2 is 1.74 bits per heavy atom. The number of amides is 2. The van der Waals surface area contributed by atoms with Crippen molar-refractivity contribution in [1.82, 2.24) is 5.32 Å². The van der Waals surface area contributed by atoms with Crippen LogP contribution in [-0.2, 0) is 9.59 Å². The van der Waals surface area contributed by atoms with E-state index in [0.717, 1.165) is 19.3 Å². The van der Waals surface area contributed by atoms with E-state index in [0.29, 0.717) is 18.6 Å². The van der Waals surface area contributed by atoms with Crippen LogP contribution in [0.2, 0.25) is 0 Å². The molecule has 0 aromatic heterocycles. The van der Waals surface area contributed by atoms with Crippen molar-refractivity contribution in [3.63, 3.8) is 0 Å². The number of benzene rings is 1. The number of hydrogen-bond acceptors (Lipinski definition) is 3. The maximum atomic E-state index is 12.9. The standard InChI is InChI=1S/C17H23FN2O3/c1-16(2,23-13-8-6-12(18)7-9-13)15(22)20-17(14(19)21)10-4-3-5-11-17/h6-9H,3-5,10-11H2,1-2H3,(H2,19,21)(H,20,22). The summed E-state index contributed by atoms with van der Waals surface area (Å²) in [6.45, 7) is 3.20. The van der Waals surface area contributed by atoms with Crippen LogP contribution in [0.3, 0.4) is 0 Å². The average Bonchev–Trinajstić information content (AvgIpc) is 2.50. The summed E-state index contributed by atoms with van der Waals surface area (Å²) in [5.41, 5.74) is 3.32. The molecule has 0 atom stereocenters. The van der Waals surface area contributed by atoms with Gasteiger partial charge >= 0.3 is 0 Å². The molecule has 23 heavy (non-hydrogen) atoms. The van der Waals surface area contributed by atoms with Gasteiger partial charge in [-0.2, -0.15) is 0 Å². The van der Waals surface area contributed by atoms with Crippen molar-refractivity contribution in [1.29, 1.82) is 0 Å². The summed E-state index contributed by atoms with van der Waals surface area (Å²) in [6, 6.07) is 5.42. The van der Waals surface area contributed by atoms with Crippen molar-refractivity contribution in [2.24, 2.45) is 5.73 Å². The van der Waals surface area contributed by atoms with E-state index in [1.807, 2.05) is 0 Å². The first-order valence-electron chi connectivity index (χ1n) is 7.82. The van der Waals surface area contributed by atoms with E-state index >= 15 is 0 Å². The van der Waals surface area contributed by atoms with E-state index in [9.17, 15) is 14.0 Å². The van der Waals surface area contributed by atoms with E-state index in [4.69, 9.17) is 10.5 Å². The summed E-state index contributed by atoms with van der Waals surface area (Å²) in [4.78, 5) is 24.5. The molecule has 6 heteroatoms. The summed E-state index contributed by atoms with van der Waals surface area (Å²) >= 11 is 0. The molecule has 0 unspecified atom stereocenters. The van der Waals surface area contributed by atoms with Gasteiger partial charge < -0.3 is 15.8 Å². The molecule has 0 spiro atoms. The molecular weight excluding hydrogens is 299 g/mol. The molecule has 0 radical (unpaired) electrons. The van der Waals surface area contributed by atoms with Gasteiger partial charge in [0.2, 0.25) is 5.91 Å². The van der Waals surface area contributed by atoms with E-state index in [2.05, 4.69) is 5.32 Å². The van der Waals surface area contributed by atoms with Crippen LogP contribution in [0.25, 0.3) is 0 Å². The van der Waals surface area contributed by atoms with Crippen LogP contribution in [0.5, 0.6) is 5.75 Å². The van der Waals surface area contributed by atoms with Crippen LogP contribution >= 0.6 is 0 Å². The van der Waals surface area contributed by atoms with Crippen molar-refractivity contribution >= 4 is 11.8 Å². The summed E-state index contributed by atoms with van der Waals surface area (Å²) in [5.74, 6) is -0.927. The highest BCUT2D eigenvalue weighted by Crippen LogP contribution is 2.29. The largest absolute Gasteiger partial charge is 0.478 e. The van der Waals surface area contributed by atoms with E-state index < -0.39 is 23.0 Å². The fourth-order valence-corrected chi connectivity index (χ4v) is 2.80. The summed E-state index contributed by atoms with van der Waals surface area (Å²) < 4.78 is 18.6. The predicted molar refractivity (Wildman–Crippen MR) is 84.3 cm³/mol. The Morgan fingerprint density at radius 3 is 2.26 bits per heavy atom. The molecule has 1 saturated carbocycles. The fraction of sp³-hybridized carbons (Fsp3) is 0.529. The number of carbonyl (C=O) groups is 2. The minimum atomic E-state index is -1.21. The SMILES string of the molecule is CC(C)(Oc1ccc(F)cc1)C(=O)NC1(C(N)=O)CCCCC1. The third kappa shape index (κ3) is 4.00. The van der Waals surface area contributed by atoms with Crippen molar-refractivity contribution in [3.8, 4) is 5.75 Å². The fourth-order valence-electron chi connectivity index (χ4n) is 2.80. The van der Waals surface area contributed by atoms with Gasteiger partial charge in [-0.3, -0.25) is 9.59 Å². The molecule has 3 N–H and O–H groups in total. The third-order valence-corrected chi connectivity index (χ3v) is 4.27. The summed E-state index contributed by atoms with van der Waals surface area (Å²) in [7, 11) is 0. The lowest BCUT2D eigenvalue weighted by molar-refractivity contribution is -0.141. The molecule has 0 aliphatic heterocycles. The molecule has 0 saturated heterocycles. The van der Waals surface area contributed by atoms with E-state index in [1.165, 1.54) is 24.3 Å². The molecule has 5 nitrogen and oxygen atoms in total. The van der Waals surface area contributed by atoms with E-state index in [1.54, 1.807) is 13.8 Å². The van der Waals surface area contributed by atoms with Crippen LogP contribution in [0.15, 0.2) is 24.3 Å². The first-order chi connectivity index (χ1) is 10.8. The van der Waals surface area contributed by atoms with Crippen LogP contribution in [0, 0.1) is 5.82 Å². The molecule has 2 amide bonds. The van der Waals surface area contributed by atoms with Crippen molar-refractivity contribution in [3.05, 3.63) is 30.1 Å². The zero-order chi connectivity index (χ0) is 17.1. The first-order valence-corrected chi connectivity index (χ1v) is 7.82. The topological polar surface area (TPSA) is 81.4 Å². The maximum absolute atomic E-state index is 12.9.